The fourth-order valence-electron chi connectivity index (χ4n) is 1.60. The van der Waals surface area contributed by atoms with Crippen LogP contribution in [0.25, 0.3) is 0 Å². The van der Waals surface area contributed by atoms with Gasteiger partial charge in [-0.3, -0.25) is 14.9 Å². The zero-order valence-electron chi connectivity index (χ0n) is 11.5. The Morgan fingerprint density at radius 1 is 1.23 bits per heavy atom. The van der Waals surface area contributed by atoms with Crippen molar-refractivity contribution in [3.63, 3.8) is 0 Å². The highest BCUT2D eigenvalue weighted by atomic mass is 32.2. The number of furan rings is 1. The number of ether oxygens (including phenoxy) is 1. The molecule has 0 saturated heterocycles. The van der Waals surface area contributed by atoms with E-state index in [4.69, 9.17) is 4.42 Å². The third kappa shape index (κ3) is 3.73. The van der Waals surface area contributed by atoms with E-state index in [9.17, 15) is 19.7 Å². The lowest BCUT2D eigenvalue weighted by Crippen LogP contribution is -2.01. The third-order valence-electron chi connectivity index (χ3n) is 2.69. The Kier molecular flexibility index (Phi) is 4.95. The Morgan fingerprint density at radius 2 is 1.91 bits per heavy atom. The number of carbonyl (C=O) groups is 2. The molecule has 0 spiro atoms. The molecule has 0 radical (unpaired) electrons. The molecule has 114 valence electrons. The first-order chi connectivity index (χ1) is 10.5. The van der Waals surface area contributed by atoms with Crippen molar-refractivity contribution in [2.24, 2.45) is 0 Å². The van der Waals surface area contributed by atoms with Gasteiger partial charge >= 0.3 is 11.9 Å². The quantitative estimate of drug-likeness (QED) is 0.265. The van der Waals surface area contributed by atoms with E-state index >= 15 is 0 Å². The zero-order valence-corrected chi connectivity index (χ0v) is 12.3. The number of hydrogen-bond acceptors (Lipinski definition) is 7. The zero-order chi connectivity index (χ0) is 16.1. The third-order valence-corrected chi connectivity index (χ3v) is 3.70. The highest BCUT2D eigenvalue weighted by Gasteiger charge is 2.17. The van der Waals surface area contributed by atoms with Crippen LogP contribution < -0.4 is 0 Å². The maximum atomic E-state index is 11.9. The van der Waals surface area contributed by atoms with Crippen LogP contribution in [-0.4, -0.2) is 29.5 Å². The topological polar surface area (TPSA) is 99.7 Å². The fourth-order valence-corrected chi connectivity index (χ4v) is 2.37. The smallest absolute Gasteiger partial charge is 0.433 e. The summed E-state index contributed by atoms with van der Waals surface area (Å²) >= 11 is 1.24. The lowest BCUT2D eigenvalue weighted by Gasteiger charge is -2.02. The summed E-state index contributed by atoms with van der Waals surface area (Å²) in [5.41, 5.74) is 0.417. The Bertz CT molecular complexity index is 706. The summed E-state index contributed by atoms with van der Waals surface area (Å²) in [6.45, 7) is 0. The van der Waals surface area contributed by atoms with Crippen molar-refractivity contribution in [2.45, 2.75) is 4.90 Å². The number of hydrogen-bond donors (Lipinski definition) is 0. The van der Waals surface area contributed by atoms with E-state index < -0.39 is 16.8 Å². The molecule has 0 N–H and O–H groups in total. The molecule has 0 fully saturated rings. The van der Waals surface area contributed by atoms with Crippen LogP contribution in [0.15, 0.2) is 45.7 Å². The standard InChI is InChI=1S/C14H11NO6S/c1-20-14(17)9-2-4-10(5-3-9)22-8-11(16)12-6-7-13(21-12)15(18)19/h2-7H,8H2,1H3. The molecule has 0 bridgehead atoms. The summed E-state index contributed by atoms with van der Waals surface area (Å²) in [4.78, 5) is 33.7. The van der Waals surface area contributed by atoms with Gasteiger partial charge in [0.2, 0.25) is 5.78 Å². The summed E-state index contributed by atoms with van der Waals surface area (Å²) in [7, 11) is 1.30. The molecule has 8 heteroatoms. The second kappa shape index (κ2) is 6.90. The SMILES string of the molecule is COC(=O)c1ccc(SCC(=O)c2ccc([N+](=O)[O-])o2)cc1. The van der Waals surface area contributed by atoms with E-state index in [1.54, 1.807) is 24.3 Å². The number of ketones is 1. The first-order valence-electron chi connectivity index (χ1n) is 6.10. The van der Waals surface area contributed by atoms with Crippen molar-refractivity contribution in [1.82, 2.24) is 0 Å². The number of nitrogens with zero attached hydrogens (tertiary/aromatic N) is 1. The van der Waals surface area contributed by atoms with E-state index in [-0.39, 0.29) is 17.3 Å². The van der Waals surface area contributed by atoms with Gasteiger partial charge in [-0.1, -0.05) is 0 Å². The molecule has 7 nitrogen and oxygen atoms in total. The molecule has 2 aromatic rings. The molecule has 0 saturated carbocycles. The minimum absolute atomic E-state index is 0.0506. The first-order valence-corrected chi connectivity index (χ1v) is 7.08. The minimum Gasteiger partial charge on any atom is -0.465 e. The Hall–Kier alpha value is -2.61. The number of benzene rings is 1. The van der Waals surface area contributed by atoms with Crippen LogP contribution in [0.5, 0.6) is 0 Å². The molecule has 0 unspecified atom stereocenters. The van der Waals surface area contributed by atoms with Crippen LogP contribution in [0.4, 0.5) is 5.88 Å². The van der Waals surface area contributed by atoms with Gasteiger partial charge in [-0.05, 0) is 30.3 Å². The molecular formula is C14H11NO6S. The molecule has 1 aromatic carbocycles. The number of Topliss-reactive ketones (excluding diaryl/α,β-unsaturated/α-hetero) is 1. The van der Waals surface area contributed by atoms with E-state index in [0.717, 1.165) is 11.0 Å². The second-order valence-corrected chi connectivity index (χ2v) is 5.17. The maximum absolute atomic E-state index is 11.9. The van der Waals surface area contributed by atoms with Crippen molar-refractivity contribution in [3.05, 3.63) is 57.8 Å². The highest BCUT2D eigenvalue weighted by Crippen LogP contribution is 2.22. The molecule has 0 atom stereocenters. The van der Waals surface area contributed by atoms with E-state index in [1.165, 1.54) is 24.9 Å². The average molecular weight is 321 g/mol. The molecule has 0 aliphatic carbocycles. The molecule has 0 amide bonds. The molecule has 0 aliphatic rings. The maximum Gasteiger partial charge on any atom is 0.433 e. The van der Waals surface area contributed by atoms with E-state index in [0.29, 0.717) is 5.56 Å². The van der Waals surface area contributed by atoms with Crippen LogP contribution in [0, 0.1) is 10.1 Å². The van der Waals surface area contributed by atoms with Gasteiger partial charge in [0.25, 0.3) is 0 Å². The number of methoxy groups -OCH3 is 1. The van der Waals surface area contributed by atoms with Crippen LogP contribution in [0.2, 0.25) is 0 Å². The molecule has 1 aromatic heterocycles. The highest BCUT2D eigenvalue weighted by molar-refractivity contribution is 8.00. The molecule has 22 heavy (non-hydrogen) atoms. The van der Waals surface area contributed by atoms with Gasteiger partial charge in [0.05, 0.1) is 24.5 Å². The van der Waals surface area contributed by atoms with E-state index in [1.807, 2.05) is 0 Å². The lowest BCUT2D eigenvalue weighted by atomic mass is 10.2. The summed E-state index contributed by atoms with van der Waals surface area (Å²) < 4.78 is 9.42. The van der Waals surface area contributed by atoms with Crippen molar-refractivity contribution in [1.29, 1.82) is 0 Å². The molecule has 2 rings (SSSR count). The van der Waals surface area contributed by atoms with Crippen molar-refractivity contribution in [3.8, 4) is 0 Å². The monoisotopic (exact) mass is 321 g/mol. The summed E-state index contributed by atoms with van der Waals surface area (Å²) in [5.74, 6) is -1.23. The van der Waals surface area contributed by atoms with Crippen molar-refractivity contribution in [2.75, 3.05) is 12.9 Å². The largest absolute Gasteiger partial charge is 0.465 e. The Balaban J connectivity index is 1.95. The van der Waals surface area contributed by atoms with E-state index in [2.05, 4.69) is 4.74 Å². The Morgan fingerprint density at radius 3 is 2.45 bits per heavy atom. The van der Waals surface area contributed by atoms with Crippen LogP contribution >= 0.6 is 11.8 Å². The van der Waals surface area contributed by atoms with Gasteiger partial charge in [0.15, 0.2) is 5.76 Å². The van der Waals surface area contributed by atoms with Crippen molar-refractivity contribution >= 4 is 29.4 Å². The second-order valence-electron chi connectivity index (χ2n) is 4.12. The Labute approximate surface area is 129 Å². The first kappa shape index (κ1) is 15.8. The van der Waals surface area contributed by atoms with Crippen LogP contribution in [0.1, 0.15) is 20.9 Å². The molecule has 1 heterocycles. The number of carbonyl (C=O) groups excluding carboxylic acids is 2. The van der Waals surface area contributed by atoms with Gasteiger partial charge in [0.1, 0.15) is 4.92 Å². The predicted molar refractivity (Wildman–Crippen MR) is 78.2 cm³/mol. The van der Waals surface area contributed by atoms with Gasteiger partial charge in [0, 0.05) is 4.90 Å². The molecular weight excluding hydrogens is 310 g/mol. The number of rotatable bonds is 6. The van der Waals surface area contributed by atoms with Crippen LogP contribution in [-0.2, 0) is 4.74 Å². The summed E-state index contributed by atoms with van der Waals surface area (Å²) in [6.07, 6.45) is 0. The fraction of sp³-hybridized carbons (Fsp3) is 0.143. The number of nitro groups is 1. The summed E-state index contributed by atoms with van der Waals surface area (Å²) in [5, 5.41) is 10.5. The van der Waals surface area contributed by atoms with Gasteiger partial charge in [-0.15, -0.1) is 11.8 Å². The van der Waals surface area contributed by atoms with Crippen LogP contribution in [0.3, 0.4) is 0 Å². The van der Waals surface area contributed by atoms with Gasteiger partial charge < -0.3 is 9.15 Å². The molecule has 0 aliphatic heterocycles. The minimum atomic E-state index is -0.699. The van der Waals surface area contributed by atoms with Gasteiger partial charge in [-0.2, -0.15) is 0 Å². The normalized spacial score (nSPS) is 10.2. The number of esters is 1. The number of thioether (sulfide) groups is 1. The summed E-state index contributed by atoms with van der Waals surface area (Å²) in [6, 6.07) is 8.99. The van der Waals surface area contributed by atoms with Gasteiger partial charge in [-0.25, -0.2) is 4.79 Å². The predicted octanol–water partition coefficient (Wildman–Crippen LogP) is 2.95. The van der Waals surface area contributed by atoms with Crippen molar-refractivity contribution < 1.29 is 23.7 Å². The average Bonchev–Trinajstić information content (AvgIpc) is 3.02. The lowest BCUT2D eigenvalue weighted by molar-refractivity contribution is -0.402.